The Kier molecular flexibility index (Phi) is 4.73. The number of phenols is 1. The van der Waals surface area contributed by atoms with Crippen molar-refractivity contribution >= 4 is 5.97 Å². The normalized spacial score (nSPS) is 12.6. The first-order valence-corrected chi connectivity index (χ1v) is 6.06. The fraction of sp³-hybridized carbons (Fsp3) is 0.500. The summed E-state index contributed by atoms with van der Waals surface area (Å²) in [6.07, 6.45) is -1.44. The number of aliphatic hydroxyl groups excluding tert-OH is 1. The van der Waals surface area contributed by atoms with Crippen LogP contribution < -0.4 is 0 Å². The molecular formula is C14H20O4. The van der Waals surface area contributed by atoms with Crippen molar-refractivity contribution in [2.75, 3.05) is 6.61 Å². The maximum absolute atomic E-state index is 11.5. The Morgan fingerprint density at radius 2 is 1.94 bits per heavy atom. The third-order valence-electron chi connectivity index (χ3n) is 2.84. The lowest BCUT2D eigenvalue weighted by Crippen LogP contribution is -2.16. The van der Waals surface area contributed by atoms with Crippen molar-refractivity contribution in [3.8, 4) is 5.75 Å². The number of aryl methyl sites for hydroxylation is 1. The summed E-state index contributed by atoms with van der Waals surface area (Å²) in [7, 11) is 0. The molecule has 100 valence electrons. The maximum atomic E-state index is 11.5. The number of carbonyl (C=O) groups excluding carboxylic acids is 1. The number of benzene rings is 1. The molecule has 2 N–H and O–H groups in total. The number of hydrogen-bond donors (Lipinski definition) is 2. The molecule has 0 bridgehead atoms. The van der Waals surface area contributed by atoms with E-state index in [0.29, 0.717) is 0 Å². The molecule has 0 fully saturated rings. The van der Waals surface area contributed by atoms with Crippen molar-refractivity contribution < 1.29 is 19.7 Å². The van der Waals surface area contributed by atoms with Gasteiger partial charge in [0.2, 0.25) is 0 Å². The minimum absolute atomic E-state index is 0.0857. The van der Waals surface area contributed by atoms with Crippen molar-refractivity contribution in [1.82, 2.24) is 0 Å². The van der Waals surface area contributed by atoms with Crippen LogP contribution in [-0.2, 0) is 9.53 Å². The fourth-order valence-electron chi connectivity index (χ4n) is 1.92. The molecule has 1 atom stereocenters. The van der Waals surface area contributed by atoms with Crippen LogP contribution in [0.2, 0.25) is 0 Å². The van der Waals surface area contributed by atoms with Crippen molar-refractivity contribution in [3.63, 3.8) is 0 Å². The first kappa shape index (κ1) is 14.5. The van der Waals surface area contributed by atoms with E-state index in [4.69, 9.17) is 4.74 Å². The Labute approximate surface area is 107 Å². The van der Waals surface area contributed by atoms with Gasteiger partial charge >= 0.3 is 5.97 Å². The molecule has 0 radical (unpaired) electrons. The summed E-state index contributed by atoms with van der Waals surface area (Å²) in [5, 5.41) is 19.7. The Hall–Kier alpha value is -1.55. The molecule has 0 amide bonds. The van der Waals surface area contributed by atoms with Gasteiger partial charge in [0.05, 0.1) is 6.61 Å². The van der Waals surface area contributed by atoms with E-state index in [2.05, 4.69) is 0 Å². The van der Waals surface area contributed by atoms with E-state index in [0.717, 1.165) is 11.1 Å². The highest BCUT2D eigenvalue weighted by molar-refractivity contribution is 5.77. The van der Waals surface area contributed by atoms with Crippen LogP contribution in [0.4, 0.5) is 0 Å². The lowest BCUT2D eigenvalue weighted by molar-refractivity contribution is -0.153. The summed E-state index contributed by atoms with van der Waals surface area (Å²) in [4.78, 5) is 11.5. The molecule has 1 aromatic carbocycles. The molecule has 1 unspecified atom stereocenters. The molecule has 4 heteroatoms. The van der Waals surface area contributed by atoms with Gasteiger partial charge in [0.1, 0.15) is 5.75 Å². The number of ether oxygens (including phenoxy) is 1. The maximum Gasteiger partial charge on any atom is 0.339 e. The van der Waals surface area contributed by atoms with E-state index >= 15 is 0 Å². The van der Waals surface area contributed by atoms with Gasteiger partial charge in [0.15, 0.2) is 6.10 Å². The van der Waals surface area contributed by atoms with Crippen LogP contribution in [0.25, 0.3) is 0 Å². The first-order chi connectivity index (χ1) is 8.38. The van der Waals surface area contributed by atoms with Crippen molar-refractivity contribution in [2.45, 2.75) is 39.7 Å². The van der Waals surface area contributed by atoms with E-state index in [9.17, 15) is 15.0 Å². The summed E-state index contributed by atoms with van der Waals surface area (Å²) in [6, 6.07) is 3.23. The summed E-state index contributed by atoms with van der Waals surface area (Å²) in [6.45, 7) is 7.77. The van der Waals surface area contributed by atoms with Crippen LogP contribution >= 0.6 is 0 Å². The molecule has 1 aromatic rings. The zero-order valence-corrected chi connectivity index (χ0v) is 11.2. The fourth-order valence-corrected chi connectivity index (χ4v) is 1.92. The molecule has 0 aliphatic rings. The molecule has 0 heterocycles. The standard InChI is InChI=1S/C14H20O4/c1-5-18-14(17)13(16)11-7-10(8(2)3)9(4)6-12(11)15/h6-8,13,15-16H,5H2,1-4H3. The summed E-state index contributed by atoms with van der Waals surface area (Å²) in [5.74, 6) is -0.581. The highest BCUT2D eigenvalue weighted by Gasteiger charge is 2.23. The number of hydrogen-bond acceptors (Lipinski definition) is 4. The summed E-state index contributed by atoms with van der Waals surface area (Å²) < 4.78 is 4.74. The average molecular weight is 252 g/mol. The van der Waals surface area contributed by atoms with Gasteiger partial charge in [-0.3, -0.25) is 0 Å². The van der Waals surface area contributed by atoms with Gasteiger partial charge < -0.3 is 14.9 Å². The van der Waals surface area contributed by atoms with Gasteiger partial charge in [-0.25, -0.2) is 4.79 Å². The molecule has 0 saturated carbocycles. The Morgan fingerprint density at radius 1 is 1.33 bits per heavy atom. The zero-order valence-electron chi connectivity index (χ0n) is 11.2. The molecule has 4 nitrogen and oxygen atoms in total. The third kappa shape index (κ3) is 3.01. The molecule has 0 aromatic heterocycles. The highest BCUT2D eigenvalue weighted by atomic mass is 16.5. The topological polar surface area (TPSA) is 66.8 Å². The molecule has 0 aliphatic heterocycles. The summed E-state index contributed by atoms with van der Waals surface area (Å²) in [5.41, 5.74) is 2.12. The van der Waals surface area contributed by atoms with Gasteiger partial charge in [0.25, 0.3) is 0 Å². The lowest BCUT2D eigenvalue weighted by Gasteiger charge is -2.16. The predicted octanol–water partition coefficient (Wildman–Crippen LogP) is 2.42. The average Bonchev–Trinajstić information content (AvgIpc) is 2.28. The molecule has 18 heavy (non-hydrogen) atoms. The minimum Gasteiger partial charge on any atom is -0.508 e. The van der Waals surface area contributed by atoms with Crippen LogP contribution in [0, 0.1) is 6.92 Å². The Morgan fingerprint density at radius 3 is 2.44 bits per heavy atom. The van der Waals surface area contributed by atoms with Gasteiger partial charge in [-0.2, -0.15) is 0 Å². The van der Waals surface area contributed by atoms with E-state index in [-0.39, 0.29) is 23.8 Å². The van der Waals surface area contributed by atoms with Crippen LogP contribution in [0.1, 0.15) is 49.5 Å². The quantitative estimate of drug-likeness (QED) is 0.808. The zero-order chi connectivity index (χ0) is 13.9. The molecule has 1 rings (SSSR count). The smallest absolute Gasteiger partial charge is 0.339 e. The minimum atomic E-state index is -1.44. The van der Waals surface area contributed by atoms with Gasteiger partial charge in [-0.15, -0.1) is 0 Å². The largest absolute Gasteiger partial charge is 0.508 e. The number of aliphatic hydroxyl groups is 1. The molecule has 0 aliphatic carbocycles. The van der Waals surface area contributed by atoms with Crippen LogP contribution in [0.15, 0.2) is 12.1 Å². The van der Waals surface area contributed by atoms with Crippen molar-refractivity contribution in [3.05, 3.63) is 28.8 Å². The van der Waals surface area contributed by atoms with Crippen molar-refractivity contribution in [1.29, 1.82) is 0 Å². The second kappa shape index (κ2) is 5.87. The van der Waals surface area contributed by atoms with Crippen molar-refractivity contribution in [2.24, 2.45) is 0 Å². The van der Waals surface area contributed by atoms with Gasteiger partial charge in [-0.05, 0) is 43.0 Å². The molecular weight excluding hydrogens is 232 g/mol. The number of phenolic OH excluding ortho intramolecular Hbond substituents is 1. The molecule has 0 saturated heterocycles. The van der Waals surface area contributed by atoms with Gasteiger partial charge in [-0.1, -0.05) is 13.8 Å². The predicted molar refractivity (Wildman–Crippen MR) is 68.5 cm³/mol. The number of aromatic hydroxyl groups is 1. The van der Waals surface area contributed by atoms with Crippen LogP contribution in [0.3, 0.4) is 0 Å². The third-order valence-corrected chi connectivity index (χ3v) is 2.84. The molecule has 0 spiro atoms. The SMILES string of the molecule is CCOC(=O)C(O)c1cc(C(C)C)c(C)cc1O. The van der Waals surface area contributed by atoms with E-state index in [1.54, 1.807) is 19.1 Å². The van der Waals surface area contributed by atoms with Crippen LogP contribution in [-0.4, -0.2) is 22.8 Å². The monoisotopic (exact) mass is 252 g/mol. The first-order valence-electron chi connectivity index (χ1n) is 6.06. The highest BCUT2D eigenvalue weighted by Crippen LogP contribution is 2.31. The number of rotatable bonds is 4. The second-order valence-corrected chi connectivity index (χ2v) is 4.58. The number of esters is 1. The lowest BCUT2D eigenvalue weighted by atomic mass is 9.93. The van der Waals surface area contributed by atoms with E-state index in [1.165, 1.54) is 0 Å². The Bertz CT molecular complexity index is 438. The van der Waals surface area contributed by atoms with E-state index < -0.39 is 12.1 Å². The second-order valence-electron chi connectivity index (χ2n) is 4.58. The van der Waals surface area contributed by atoms with E-state index in [1.807, 2.05) is 20.8 Å². The van der Waals surface area contributed by atoms with Crippen LogP contribution in [0.5, 0.6) is 5.75 Å². The summed E-state index contributed by atoms with van der Waals surface area (Å²) >= 11 is 0. The number of carbonyl (C=O) groups is 1. The van der Waals surface area contributed by atoms with Gasteiger partial charge in [0, 0.05) is 5.56 Å². The Balaban J connectivity index is 3.16.